The first-order chi connectivity index (χ1) is 7.84. The summed E-state index contributed by atoms with van der Waals surface area (Å²) < 4.78 is 0. The molecule has 0 bridgehead atoms. The van der Waals surface area contributed by atoms with E-state index in [4.69, 9.17) is 5.73 Å². The Bertz CT molecular complexity index is 263. The zero-order chi connectivity index (χ0) is 13.1. The molecule has 0 spiro atoms. The third kappa shape index (κ3) is 3.96. The van der Waals surface area contributed by atoms with Gasteiger partial charge in [0, 0.05) is 18.1 Å². The second-order valence-corrected chi connectivity index (χ2v) is 5.86. The van der Waals surface area contributed by atoms with Crippen LogP contribution in [0.2, 0.25) is 0 Å². The number of likely N-dealkylation sites (N-methyl/N-ethyl adjacent to an activating group) is 1. The van der Waals surface area contributed by atoms with Crippen molar-refractivity contribution in [3.63, 3.8) is 0 Å². The lowest BCUT2D eigenvalue weighted by atomic mass is 9.74. The van der Waals surface area contributed by atoms with E-state index in [0.717, 1.165) is 25.7 Å². The minimum absolute atomic E-state index is 0.0226. The standard InChI is InChI=1S/C13H27N3O/c1-10(16(3)4)9-15-12(17)11-7-5-6-8-13(11,2)14/h10-11H,5-9,14H2,1-4H3,(H,15,17). The smallest absolute Gasteiger partial charge is 0.225 e. The van der Waals surface area contributed by atoms with Crippen molar-refractivity contribution in [2.45, 2.75) is 51.1 Å². The molecule has 3 N–H and O–H groups in total. The predicted octanol–water partition coefficient (Wildman–Crippen LogP) is 0.960. The number of rotatable bonds is 4. The van der Waals surface area contributed by atoms with E-state index in [1.807, 2.05) is 21.0 Å². The summed E-state index contributed by atoms with van der Waals surface area (Å²) in [7, 11) is 4.04. The van der Waals surface area contributed by atoms with Gasteiger partial charge >= 0.3 is 0 Å². The summed E-state index contributed by atoms with van der Waals surface area (Å²) in [5, 5.41) is 3.03. The lowest BCUT2D eigenvalue weighted by molar-refractivity contribution is -0.128. The monoisotopic (exact) mass is 241 g/mol. The Hall–Kier alpha value is -0.610. The highest BCUT2D eigenvalue weighted by Gasteiger charge is 2.37. The number of hydrogen-bond donors (Lipinski definition) is 2. The number of carbonyl (C=O) groups excluding carboxylic acids is 1. The molecule has 0 aromatic rings. The van der Waals surface area contributed by atoms with Crippen molar-refractivity contribution < 1.29 is 4.79 Å². The Kier molecular flexibility index (Phi) is 4.95. The third-order valence-electron chi connectivity index (χ3n) is 4.02. The van der Waals surface area contributed by atoms with Gasteiger partial charge in [0.2, 0.25) is 5.91 Å². The molecule has 3 unspecified atom stereocenters. The highest BCUT2D eigenvalue weighted by molar-refractivity contribution is 5.80. The maximum absolute atomic E-state index is 12.1. The third-order valence-corrected chi connectivity index (χ3v) is 4.02. The van der Waals surface area contributed by atoms with Gasteiger partial charge in [0.25, 0.3) is 0 Å². The highest BCUT2D eigenvalue weighted by Crippen LogP contribution is 2.31. The van der Waals surface area contributed by atoms with E-state index in [1.165, 1.54) is 0 Å². The quantitative estimate of drug-likeness (QED) is 0.771. The lowest BCUT2D eigenvalue weighted by Gasteiger charge is -2.37. The first-order valence-corrected chi connectivity index (χ1v) is 6.57. The summed E-state index contributed by atoms with van der Waals surface area (Å²) in [4.78, 5) is 14.2. The van der Waals surface area contributed by atoms with Gasteiger partial charge in [0.15, 0.2) is 0 Å². The number of amides is 1. The normalized spacial score (nSPS) is 31.3. The Labute approximate surface area is 105 Å². The molecule has 0 aromatic carbocycles. The lowest BCUT2D eigenvalue weighted by Crippen LogP contribution is -2.54. The van der Waals surface area contributed by atoms with Crippen molar-refractivity contribution in [1.82, 2.24) is 10.2 Å². The molecule has 1 rings (SSSR count). The molecule has 0 heterocycles. The highest BCUT2D eigenvalue weighted by atomic mass is 16.1. The molecule has 1 saturated carbocycles. The zero-order valence-electron chi connectivity index (χ0n) is 11.6. The predicted molar refractivity (Wildman–Crippen MR) is 70.7 cm³/mol. The SMILES string of the molecule is CC(CNC(=O)C1CCCCC1(C)N)N(C)C. The van der Waals surface area contributed by atoms with Gasteiger partial charge in [0.05, 0.1) is 5.92 Å². The number of hydrogen-bond acceptors (Lipinski definition) is 3. The summed E-state index contributed by atoms with van der Waals surface area (Å²) in [5.74, 6) is 0.106. The minimum atomic E-state index is -0.330. The van der Waals surface area contributed by atoms with E-state index in [1.54, 1.807) is 0 Å². The molecule has 1 amide bonds. The second-order valence-electron chi connectivity index (χ2n) is 5.86. The van der Waals surface area contributed by atoms with Crippen LogP contribution in [0.4, 0.5) is 0 Å². The zero-order valence-corrected chi connectivity index (χ0v) is 11.6. The van der Waals surface area contributed by atoms with E-state index in [9.17, 15) is 4.79 Å². The van der Waals surface area contributed by atoms with Crippen molar-refractivity contribution in [1.29, 1.82) is 0 Å². The van der Waals surface area contributed by atoms with Gasteiger partial charge in [-0.3, -0.25) is 4.79 Å². The van der Waals surface area contributed by atoms with Crippen molar-refractivity contribution in [2.24, 2.45) is 11.7 Å². The summed E-state index contributed by atoms with van der Waals surface area (Å²) in [6.45, 7) is 4.80. The van der Waals surface area contributed by atoms with Crippen LogP contribution in [0.25, 0.3) is 0 Å². The molecule has 0 aromatic heterocycles. The average molecular weight is 241 g/mol. The van der Waals surface area contributed by atoms with Crippen LogP contribution in [-0.2, 0) is 4.79 Å². The first-order valence-electron chi connectivity index (χ1n) is 6.57. The van der Waals surface area contributed by atoms with Crippen molar-refractivity contribution in [3.05, 3.63) is 0 Å². The Morgan fingerprint density at radius 1 is 1.53 bits per heavy atom. The molecular formula is C13H27N3O. The fourth-order valence-electron chi connectivity index (χ4n) is 2.34. The maximum atomic E-state index is 12.1. The van der Waals surface area contributed by atoms with Gasteiger partial charge in [-0.2, -0.15) is 0 Å². The van der Waals surface area contributed by atoms with Gasteiger partial charge in [0.1, 0.15) is 0 Å². The summed E-state index contributed by atoms with van der Waals surface area (Å²) >= 11 is 0. The molecule has 0 saturated heterocycles. The number of nitrogens with one attached hydrogen (secondary N) is 1. The summed E-state index contributed by atoms with van der Waals surface area (Å²) in [6, 6.07) is 0.353. The number of nitrogens with two attached hydrogens (primary N) is 1. The average Bonchev–Trinajstić information content (AvgIpc) is 2.24. The molecule has 1 aliphatic carbocycles. The summed E-state index contributed by atoms with van der Waals surface area (Å²) in [5.41, 5.74) is 5.89. The van der Waals surface area contributed by atoms with E-state index in [0.29, 0.717) is 12.6 Å². The van der Waals surface area contributed by atoms with E-state index in [2.05, 4.69) is 17.1 Å². The van der Waals surface area contributed by atoms with Crippen LogP contribution in [0.1, 0.15) is 39.5 Å². The van der Waals surface area contributed by atoms with Gasteiger partial charge < -0.3 is 16.0 Å². The second kappa shape index (κ2) is 5.83. The minimum Gasteiger partial charge on any atom is -0.354 e. The molecule has 17 heavy (non-hydrogen) atoms. The fourth-order valence-corrected chi connectivity index (χ4v) is 2.34. The topological polar surface area (TPSA) is 58.4 Å². The van der Waals surface area contributed by atoms with Crippen LogP contribution in [0.15, 0.2) is 0 Å². The number of nitrogens with zero attached hydrogens (tertiary/aromatic N) is 1. The van der Waals surface area contributed by atoms with Crippen LogP contribution in [0.3, 0.4) is 0 Å². The Morgan fingerprint density at radius 3 is 2.71 bits per heavy atom. The van der Waals surface area contributed by atoms with E-state index < -0.39 is 0 Å². The Balaban J connectivity index is 2.46. The van der Waals surface area contributed by atoms with Crippen molar-refractivity contribution in [3.8, 4) is 0 Å². The van der Waals surface area contributed by atoms with Gasteiger partial charge in [-0.25, -0.2) is 0 Å². The fraction of sp³-hybridized carbons (Fsp3) is 0.923. The summed E-state index contributed by atoms with van der Waals surface area (Å²) in [6.07, 6.45) is 4.14. The van der Waals surface area contributed by atoms with E-state index >= 15 is 0 Å². The first kappa shape index (κ1) is 14.5. The molecular weight excluding hydrogens is 214 g/mol. The molecule has 4 heteroatoms. The van der Waals surface area contributed by atoms with Gasteiger partial charge in [-0.15, -0.1) is 0 Å². The molecule has 0 aliphatic heterocycles. The van der Waals surface area contributed by atoms with Gasteiger partial charge in [-0.05, 0) is 40.8 Å². The number of carbonyl (C=O) groups is 1. The van der Waals surface area contributed by atoms with Crippen LogP contribution in [-0.4, -0.2) is 43.0 Å². The Morgan fingerprint density at radius 2 is 2.18 bits per heavy atom. The van der Waals surface area contributed by atoms with Crippen LogP contribution < -0.4 is 11.1 Å². The maximum Gasteiger partial charge on any atom is 0.225 e. The van der Waals surface area contributed by atoms with Crippen LogP contribution >= 0.6 is 0 Å². The molecule has 1 fully saturated rings. The van der Waals surface area contributed by atoms with Crippen molar-refractivity contribution in [2.75, 3.05) is 20.6 Å². The largest absolute Gasteiger partial charge is 0.354 e. The van der Waals surface area contributed by atoms with Crippen LogP contribution in [0.5, 0.6) is 0 Å². The van der Waals surface area contributed by atoms with E-state index in [-0.39, 0.29) is 17.4 Å². The molecule has 0 radical (unpaired) electrons. The molecule has 100 valence electrons. The van der Waals surface area contributed by atoms with Gasteiger partial charge in [-0.1, -0.05) is 12.8 Å². The van der Waals surface area contributed by atoms with Crippen LogP contribution in [0, 0.1) is 5.92 Å². The molecule has 3 atom stereocenters. The van der Waals surface area contributed by atoms with Crippen molar-refractivity contribution >= 4 is 5.91 Å². The molecule has 4 nitrogen and oxygen atoms in total. The molecule has 1 aliphatic rings.